The lowest BCUT2D eigenvalue weighted by atomic mass is 10.0. The average Bonchev–Trinajstić information content (AvgIpc) is 2.69. The summed E-state index contributed by atoms with van der Waals surface area (Å²) in [6, 6.07) is 16.9. The summed E-state index contributed by atoms with van der Waals surface area (Å²) in [5.41, 5.74) is 2.94. The van der Waals surface area contributed by atoms with Crippen molar-refractivity contribution >= 4 is 10.0 Å². The zero-order valence-corrected chi connectivity index (χ0v) is 16.6. The van der Waals surface area contributed by atoms with Gasteiger partial charge in [-0.1, -0.05) is 44.2 Å². The number of hydrogen-bond donors (Lipinski definition) is 0. The van der Waals surface area contributed by atoms with Crippen LogP contribution in [-0.2, 0) is 16.6 Å². The average molecular weight is 384 g/mol. The molecular weight excluding hydrogens is 358 g/mol. The third-order valence-electron chi connectivity index (χ3n) is 4.98. The minimum absolute atomic E-state index is 0.194. The van der Waals surface area contributed by atoms with Crippen molar-refractivity contribution in [2.75, 3.05) is 26.2 Å². The summed E-state index contributed by atoms with van der Waals surface area (Å²) >= 11 is 0. The highest BCUT2D eigenvalue weighted by Gasteiger charge is 2.28. The van der Waals surface area contributed by atoms with Gasteiger partial charge in [0.2, 0.25) is 10.0 Å². The van der Waals surface area contributed by atoms with Gasteiger partial charge in [-0.15, -0.1) is 0 Å². The Labute approximate surface area is 161 Å². The van der Waals surface area contributed by atoms with E-state index in [1.165, 1.54) is 21.5 Å². The molecular formula is C21H25N3O2S. The van der Waals surface area contributed by atoms with Crippen LogP contribution in [0, 0.1) is 11.3 Å². The molecule has 27 heavy (non-hydrogen) atoms. The molecule has 1 aliphatic heterocycles. The summed E-state index contributed by atoms with van der Waals surface area (Å²) in [5, 5.41) is 9.00. The molecule has 0 aromatic heterocycles. The van der Waals surface area contributed by atoms with Gasteiger partial charge >= 0.3 is 0 Å². The molecule has 1 aliphatic rings. The summed E-state index contributed by atoms with van der Waals surface area (Å²) in [7, 11) is -3.55. The van der Waals surface area contributed by atoms with Crippen LogP contribution in [0.3, 0.4) is 0 Å². The van der Waals surface area contributed by atoms with E-state index in [9.17, 15) is 8.42 Å². The maximum atomic E-state index is 12.8. The fourth-order valence-corrected chi connectivity index (χ4v) is 4.74. The van der Waals surface area contributed by atoms with Crippen molar-refractivity contribution in [2.45, 2.75) is 31.2 Å². The van der Waals surface area contributed by atoms with Gasteiger partial charge in [-0.3, -0.25) is 4.90 Å². The normalized spacial score (nSPS) is 16.4. The summed E-state index contributed by atoms with van der Waals surface area (Å²) in [5.74, 6) is 0.521. The standard InChI is InChI=1S/C21H25N3O2S/c1-17(2)20-8-6-18(7-9-20)16-23-10-12-24(13-11-23)27(25,26)21-5-3-4-19(14-21)15-22/h3-9,14,17H,10-13,16H2,1-2H3. The van der Waals surface area contributed by atoms with E-state index >= 15 is 0 Å². The molecule has 3 rings (SSSR count). The van der Waals surface area contributed by atoms with Crippen molar-refractivity contribution in [3.8, 4) is 6.07 Å². The second-order valence-electron chi connectivity index (χ2n) is 7.22. The van der Waals surface area contributed by atoms with Crippen LogP contribution in [0.2, 0.25) is 0 Å². The Morgan fingerprint density at radius 3 is 2.30 bits per heavy atom. The van der Waals surface area contributed by atoms with E-state index in [0.29, 0.717) is 37.7 Å². The Balaban J connectivity index is 1.62. The molecule has 1 fully saturated rings. The lowest BCUT2D eigenvalue weighted by molar-refractivity contribution is 0.181. The molecule has 0 bridgehead atoms. The van der Waals surface area contributed by atoms with Gasteiger partial charge in [-0.05, 0) is 35.2 Å². The van der Waals surface area contributed by atoms with Gasteiger partial charge in [0.1, 0.15) is 0 Å². The van der Waals surface area contributed by atoms with Gasteiger partial charge in [0.25, 0.3) is 0 Å². The molecule has 0 radical (unpaired) electrons. The first-order chi connectivity index (χ1) is 12.9. The first-order valence-electron chi connectivity index (χ1n) is 9.21. The van der Waals surface area contributed by atoms with Gasteiger partial charge in [-0.2, -0.15) is 9.57 Å². The zero-order chi connectivity index (χ0) is 19.4. The lowest BCUT2D eigenvalue weighted by Gasteiger charge is -2.34. The lowest BCUT2D eigenvalue weighted by Crippen LogP contribution is -2.48. The minimum atomic E-state index is -3.55. The molecule has 1 heterocycles. The third-order valence-corrected chi connectivity index (χ3v) is 6.88. The highest BCUT2D eigenvalue weighted by atomic mass is 32.2. The summed E-state index contributed by atoms with van der Waals surface area (Å²) < 4.78 is 27.2. The van der Waals surface area contributed by atoms with Crippen LogP contribution in [0.25, 0.3) is 0 Å². The Morgan fingerprint density at radius 2 is 1.70 bits per heavy atom. The monoisotopic (exact) mass is 383 g/mol. The van der Waals surface area contributed by atoms with E-state index in [2.05, 4.69) is 43.0 Å². The van der Waals surface area contributed by atoms with E-state index < -0.39 is 10.0 Å². The molecule has 0 aliphatic carbocycles. The molecule has 1 saturated heterocycles. The maximum Gasteiger partial charge on any atom is 0.243 e. The largest absolute Gasteiger partial charge is 0.296 e. The molecule has 2 aromatic carbocycles. The molecule has 0 unspecified atom stereocenters. The van der Waals surface area contributed by atoms with Crippen LogP contribution in [0.15, 0.2) is 53.4 Å². The predicted molar refractivity (Wildman–Crippen MR) is 106 cm³/mol. The van der Waals surface area contributed by atoms with Crippen molar-refractivity contribution in [1.82, 2.24) is 9.21 Å². The SMILES string of the molecule is CC(C)c1ccc(CN2CCN(S(=O)(=O)c3cccc(C#N)c3)CC2)cc1. The Kier molecular flexibility index (Phi) is 5.95. The van der Waals surface area contributed by atoms with Crippen LogP contribution in [0.4, 0.5) is 0 Å². The number of benzene rings is 2. The van der Waals surface area contributed by atoms with E-state index in [1.54, 1.807) is 18.2 Å². The maximum absolute atomic E-state index is 12.8. The fourth-order valence-electron chi connectivity index (χ4n) is 3.27. The van der Waals surface area contributed by atoms with E-state index in [4.69, 9.17) is 5.26 Å². The fraction of sp³-hybridized carbons (Fsp3) is 0.381. The summed E-state index contributed by atoms with van der Waals surface area (Å²) in [6.45, 7) is 7.51. The Morgan fingerprint density at radius 1 is 1.04 bits per heavy atom. The van der Waals surface area contributed by atoms with Gasteiger partial charge < -0.3 is 0 Å². The highest BCUT2D eigenvalue weighted by Crippen LogP contribution is 2.20. The van der Waals surface area contributed by atoms with E-state index in [0.717, 1.165) is 6.54 Å². The summed E-state index contributed by atoms with van der Waals surface area (Å²) in [4.78, 5) is 2.47. The quantitative estimate of drug-likeness (QED) is 0.795. The molecule has 0 N–H and O–H groups in total. The molecule has 0 amide bonds. The predicted octanol–water partition coefficient (Wildman–Crippen LogP) is 3.19. The van der Waals surface area contributed by atoms with Crippen LogP contribution in [0.1, 0.15) is 36.5 Å². The summed E-state index contributed by atoms with van der Waals surface area (Å²) in [6.07, 6.45) is 0. The van der Waals surface area contributed by atoms with Crippen LogP contribution < -0.4 is 0 Å². The molecule has 6 heteroatoms. The smallest absolute Gasteiger partial charge is 0.243 e. The van der Waals surface area contributed by atoms with Gasteiger partial charge in [-0.25, -0.2) is 8.42 Å². The van der Waals surface area contributed by atoms with Crippen molar-refractivity contribution < 1.29 is 8.42 Å². The van der Waals surface area contributed by atoms with Gasteiger partial charge in [0.05, 0.1) is 16.5 Å². The number of rotatable bonds is 5. The Hall–Kier alpha value is -2.20. The molecule has 0 atom stereocenters. The number of hydrogen-bond acceptors (Lipinski definition) is 4. The van der Waals surface area contributed by atoms with E-state index in [-0.39, 0.29) is 4.90 Å². The van der Waals surface area contributed by atoms with Crippen LogP contribution >= 0.6 is 0 Å². The first kappa shape index (κ1) is 19.6. The van der Waals surface area contributed by atoms with Gasteiger partial charge in [0.15, 0.2) is 0 Å². The first-order valence-corrected chi connectivity index (χ1v) is 10.7. The van der Waals surface area contributed by atoms with Crippen molar-refractivity contribution in [3.63, 3.8) is 0 Å². The zero-order valence-electron chi connectivity index (χ0n) is 15.8. The van der Waals surface area contributed by atoms with Crippen LogP contribution in [0.5, 0.6) is 0 Å². The molecule has 0 saturated carbocycles. The number of nitriles is 1. The van der Waals surface area contributed by atoms with Crippen molar-refractivity contribution in [1.29, 1.82) is 5.26 Å². The Bertz CT molecular complexity index is 923. The second-order valence-corrected chi connectivity index (χ2v) is 9.15. The van der Waals surface area contributed by atoms with Crippen LogP contribution in [-0.4, -0.2) is 43.8 Å². The number of sulfonamides is 1. The van der Waals surface area contributed by atoms with E-state index in [1.807, 2.05) is 6.07 Å². The van der Waals surface area contributed by atoms with Crippen molar-refractivity contribution in [2.24, 2.45) is 0 Å². The second kappa shape index (κ2) is 8.22. The minimum Gasteiger partial charge on any atom is -0.296 e. The van der Waals surface area contributed by atoms with Crippen molar-refractivity contribution in [3.05, 3.63) is 65.2 Å². The highest BCUT2D eigenvalue weighted by molar-refractivity contribution is 7.89. The molecule has 2 aromatic rings. The molecule has 5 nitrogen and oxygen atoms in total. The molecule has 142 valence electrons. The molecule has 0 spiro atoms. The topological polar surface area (TPSA) is 64.4 Å². The number of nitrogens with zero attached hydrogens (tertiary/aromatic N) is 3. The number of piperazine rings is 1. The van der Waals surface area contributed by atoms with Gasteiger partial charge in [0, 0.05) is 32.7 Å². The third kappa shape index (κ3) is 4.56.